The van der Waals surface area contributed by atoms with Crippen molar-refractivity contribution in [3.8, 4) is 0 Å². The molecule has 0 spiro atoms. The maximum absolute atomic E-state index is 12.2. The van der Waals surface area contributed by atoms with E-state index in [4.69, 9.17) is 33.2 Å². The van der Waals surface area contributed by atoms with Gasteiger partial charge in [0.15, 0.2) is 0 Å². The average Bonchev–Trinajstić information content (AvgIpc) is 2.75. The fourth-order valence-electron chi connectivity index (χ4n) is 3.84. The Balaban J connectivity index is 2.85. The van der Waals surface area contributed by atoms with Gasteiger partial charge in [-0.25, -0.2) is 0 Å². The predicted molar refractivity (Wildman–Crippen MR) is 141 cm³/mol. The molecule has 42 heavy (non-hydrogen) atoms. The van der Waals surface area contributed by atoms with Crippen molar-refractivity contribution in [1.82, 2.24) is 0 Å². The van der Waals surface area contributed by atoms with E-state index in [2.05, 4.69) is 0 Å². The van der Waals surface area contributed by atoms with Gasteiger partial charge in [0.1, 0.15) is 42.7 Å². The van der Waals surface area contributed by atoms with Crippen molar-refractivity contribution in [2.45, 2.75) is 136 Å². The summed E-state index contributed by atoms with van der Waals surface area (Å²) in [6.45, 7) is 10.4. The van der Waals surface area contributed by atoms with Crippen LogP contribution in [-0.4, -0.2) is 84.5 Å². The molecule has 0 aromatic heterocycles. The Kier molecular flexibility index (Phi) is 15.5. The molecule has 0 amide bonds. The lowest BCUT2D eigenvalue weighted by molar-refractivity contribution is -0.161. The van der Waals surface area contributed by atoms with Crippen molar-refractivity contribution in [3.63, 3.8) is 0 Å². The van der Waals surface area contributed by atoms with E-state index in [1.807, 2.05) is 0 Å². The Hall–Kier alpha value is -3.71. The Morgan fingerprint density at radius 1 is 0.286 bits per heavy atom. The van der Waals surface area contributed by atoms with Gasteiger partial charge in [-0.15, -0.1) is 0 Å². The molecule has 1 aliphatic rings. The minimum atomic E-state index is -0.853. The number of cyclic esters (lactones) is 7. The first-order valence-corrected chi connectivity index (χ1v) is 13.9. The van der Waals surface area contributed by atoms with E-state index in [1.165, 1.54) is 48.5 Å². The third kappa shape index (κ3) is 16.5. The molecule has 14 nitrogen and oxygen atoms in total. The van der Waals surface area contributed by atoms with Crippen molar-refractivity contribution < 1.29 is 66.7 Å². The van der Waals surface area contributed by atoms with Crippen LogP contribution in [-0.2, 0) is 66.7 Å². The minimum absolute atomic E-state index is 0.283. The van der Waals surface area contributed by atoms with Crippen LogP contribution in [0.4, 0.5) is 0 Å². The highest BCUT2D eigenvalue weighted by atomic mass is 16.6. The van der Waals surface area contributed by atoms with Crippen LogP contribution < -0.4 is 0 Å². The van der Waals surface area contributed by atoms with Gasteiger partial charge in [-0.3, -0.25) is 33.6 Å². The van der Waals surface area contributed by atoms with E-state index in [0.717, 1.165) is 0 Å². The van der Waals surface area contributed by atoms with Gasteiger partial charge in [0.05, 0.1) is 44.9 Å². The molecule has 0 aromatic carbocycles. The number of esters is 7. The maximum Gasteiger partial charge on any atom is 0.309 e. The van der Waals surface area contributed by atoms with Crippen LogP contribution in [0.25, 0.3) is 0 Å². The van der Waals surface area contributed by atoms with E-state index >= 15 is 0 Å². The summed E-state index contributed by atoms with van der Waals surface area (Å²) in [6.07, 6.45) is -7.95. The second-order valence-corrected chi connectivity index (χ2v) is 10.5. The van der Waals surface area contributed by atoms with Crippen molar-refractivity contribution >= 4 is 41.8 Å². The smallest absolute Gasteiger partial charge is 0.309 e. The van der Waals surface area contributed by atoms with Crippen molar-refractivity contribution in [1.29, 1.82) is 0 Å². The monoisotopic (exact) mass is 602 g/mol. The van der Waals surface area contributed by atoms with Gasteiger partial charge in [-0.1, -0.05) is 0 Å². The van der Waals surface area contributed by atoms with Gasteiger partial charge in [0, 0.05) is 0 Å². The first-order chi connectivity index (χ1) is 19.5. The standard InChI is InChI=1S/C28H42O14/c1-15-8-22(29)37-17(3)10-24(31)39-19(5)12-26(33)41-21(7)14-28(35)42-20(6)13-27(34)40-18(4)11-25(32)38-16(2)9-23(30)36-15/h15-21H,8-14H2,1-7H3. The summed E-state index contributed by atoms with van der Waals surface area (Å²) in [5.74, 6) is -5.02. The van der Waals surface area contributed by atoms with Crippen molar-refractivity contribution in [3.05, 3.63) is 0 Å². The second kappa shape index (κ2) is 18.0. The fourth-order valence-corrected chi connectivity index (χ4v) is 3.84. The molecule has 0 saturated carbocycles. The molecule has 1 fully saturated rings. The van der Waals surface area contributed by atoms with Crippen LogP contribution in [0.5, 0.6) is 0 Å². The number of carbonyl (C=O) groups excluding carboxylic acids is 7. The molecule has 0 bridgehead atoms. The summed E-state index contributed by atoms with van der Waals surface area (Å²) >= 11 is 0. The summed E-state index contributed by atoms with van der Waals surface area (Å²) in [5, 5.41) is 0. The molecule has 7 atom stereocenters. The Bertz CT molecular complexity index is 703. The lowest BCUT2D eigenvalue weighted by atomic mass is 10.2. The minimum Gasteiger partial charge on any atom is -0.462 e. The molecule has 7 unspecified atom stereocenters. The van der Waals surface area contributed by atoms with Gasteiger partial charge < -0.3 is 33.2 Å². The quantitative estimate of drug-likeness (QED) is 0.290. The van der Waals surface area contributed by atoms with Crippen LogP contribution >= 0.6 is 0 Å². The van der Waals surface area contributed by atoms with Crippen LogP contribution in [0.3, 0.4) is 0 Å². The summed E-state index contributed by atoms with van der Waals surface area (Å²) < 4.78 is 36.2. The SMILES string of the molecule is CC1CC(=O)OC(C)CC(=O)OC(C)CC(=O)OC(C)CC(=O)OC(C)CC(=O)OC(C)CC(=O)OC(C)CC(=O)O1. The second-order valence-electron chi connectivity index (χ2n) is 10.5. The van der Waals surface area contributed by atoms with Crippen LogP contribution in [0.1, 0.15) is 93.4 Å². The Morgan fingerprint density at radius 2 is 0.381 bits per heavy atom. The van der Waals surface area contributed by atoms with Crippen LogP contribution in [0.2, 0.25) is 0 Å². The molecule has 0 radical (unpaired) electrons. The first kappa shape index (κ1) is 36.3. The molecule has 0 N–H and O–H groups in total. The third-order valence-electron chi connectivity index (χ3n) is 5.51. The van der Waals surface area contributed by atoms with Crippen LogP contribution in [0.15, 0.2) is 0 Å². The van der Waals surface area contributed by atoms with E-state index < -0.39 is 84.5 Å². The summed E-state index contributed by atoms with van der Waals surface area (Å²) in [4.78, 5) is 85.4. The molecule has 1 heterocycles. The highest BCUT2D eigenvalue weighted by molar-refractivity contribution is 5.76. The van der Waals surface area contributed by atoms with Gasteiger partial charge in [0.25, 0.3) is 0 Å². The van der Waals surface area contributed by atoms with Gasteiger partial charge in [-0.2, -0.15) is 0 Å². The van der Waals surface area contributed by atoms with Crippen LogP contribution in [0, 0.1) is 0 Å². The molecule has 14 heteroatoms. The fraction of sp³-hybridized carbons (Fsp3) is 0.750. The molecular formula is C28H42O14. The third-order valence-corrected chi connectivity index (χ3v) is 5.51. The Labute approximate surface area is 245 Å². The maximum atomic E-state index is 12.2. The van der Waals surface area contributed by atoms with E-state index in [0.29, 0.717) is 0 Å². The van der Waals surface area contributed by atoms with Crippen molar-refractivity contribution in [2.24, 2.45) is 0 Å². The zero-order valence-electron chi connectivity index (χ0n) is 25.2. The topological polar surface area (TPSA) is 184 Å². The molecule has 1 aliphatic heterocycles. The molecule has 0 aromatic rings. The zero-order chi connectivity index (χ0) is 32.0. The average molecular weight is 603 g/mol. The molecule has 0 aliphatic carbocycles. The zero-order valence-corrected chi connectivity index (χ0v) is 25.2. The lowest BCUT2D eigenvalue weighted by Gasteiger charge is -2.20. The normalized spacial score (nSPS) is 31.5. The van der Waals surface area contributed by atoms with E-state index in [9.17, 15) is 33.6 Å². The van der Waals surface area contributed by atoms with Gasteiger partial charge in [-0.05, 0) is 48.5 Å². The predicted octanol–water partition coefficient (Wildman–Crippen LogP) is 2.25. The molecule has 1 rings (SSSR count). The number of rotatable bonds is 0. The van der Waals surface area contributed by atoms with Gasteiger partial charge in [0.2, 0.25) is 0 Å². The number of hydrogen-bond donors (Lipinski definition) is 0. The summed E-state index contributed by atoms with van der Waals surface area (Å²) in [5.41, 5.74) is 0. The number of carbonyl (C=O) groups is 7. The lowest BCUT2D eigenvalue weighted by Crippen LogP contribution is -2.29. The van der Waals surface area contributed by atoms with Crippen molar-refractivity contribution in [2.75, 3.05) is 0 Å². The summed E-state index contributed by atoms with van der Waals surface area (Å²) in [7, 11) is 0. The van der Waals surface area contributed by atoms with E-state index in [-0.39, 0.29) is 44.9 Å². The molecule has 238 valence electrons. The summed E-state index contributed by atoms with van der Waals surface area (Å²) in [6, 6.07) is 0. The number of hydrogen-bond acceptors (Lipinski definition) is 14. The Morgan fingerprint density at radius 3 is 0.476 bits per heavy atom. The van der Waals surface area contributed by atoms with E-state index in [1.54, 1.807) is 0 Å². The largest absolute Gasteiger partial charge is 0.462 e. The van der Waals surface area contributed by atoms with Gasteiger partial charge >= 0.3 is 41.8 Å². The number of ether oxygens (including phenoxy) is 7. The highest BCUT2D eigenvalue weighted by Gasteiger charge is 2.25. The molecular weight excluding hydrogens is 560 g/mol. The highest BCUT2D eigenvalue weighted by Crippen LogP contribution is 2.13. The molecule has 1 saturated heterocycles. The first-order valence-electron chi connectivity index (χ1n) is 13.9.